The van der Waals surface area contributed by atoms with E-state index in [-0.39, 0.29) is 34.0 Å². The van der Waals surface area contributed by atoms with Crippen molar-refractivity contribution in [3.63, 3.8) is 0 Å². The number of hydrogen-bond acceptors (Lipinski definition) is 2. The van der Waals surface area contributed by atoms with Crippen LogP contribution in [0, 0.1) is 0 Å². The maximum atomic E-state index is 2.49. The largest absolute Gasteiger partial charge is 1.00 e. The highest BCUT2D eigenvalue weighted by molar-refractivity contribution is 5.45. The second kappa shape index (κ2) is 15.5. The molecule has 0 spiro atoms. The van der Waals surface area contributed by atoms with Crippen LogP contribution in [-0.4, -0.2) is 26.2 Å². The average molecular weight is 679 g/mol. The summed E-state index contributed by atoms with van der Waals surface area (Å²) in [6.45, 7) is 6.64. The maximum absolute atomic E-state index is 2.49. The minimum atomic E-state index is 0. The Bertz CT molecular complexity index is 1210. The molecule has 0 amide bonds. The van der Waals surface area contributed by atoms with Crippen LogP contribution in [0.25, 0.3) is 0 Å². The molecule has 4 heterocycles. The number of aryl methyl sites for hydroxylation is 2. The molecule has 0 atom stereocenters. The van der Waals surface area contributed by atoms with Gasteiger partial charge in [-0.3, -0.25) is 0 Å². The number of nitrogens with zero attached hydrogens (tertiary/aromatic N) is 4. The second-order valence-corrected chi connectivity index (χ2v) is 11.3. The molecule has 2 aliphatic heterocycles. The Kier molecular flexibility index (Phi) is 11.8. The normalized spacial score (nSPS) is 14.5. The van der Waals surface area contributed by atoms with Crippen LogP contribution in [0.2, 0.25) is 0 Å². The van der Waals surface area contributed by atoms with Crippen molar-refractivity contribution in [1.82, 2.24) is 0 Å². The lowest BCUT2D eigenvalue weighted by Gasteiger charge is -2.16. The Balaban J connectivity index is 0.00000194. The zero-order valence-corrected chi connectivity index (χ0v) is 27.1. The molecule has 6 heteroatoms. The number of aromatic nitrogens is 2. The fourth-order valence-electron chi connectivity index (χ4n) is 6.02. The van der Waals surface area contributed by atoms with E-state index in [1.54, 1.807) is 0 Å². The lowest BCUT2D eigenvalue weighted by Crippen LogP contribution is -3.00. The van der Waals surface area contributed by atoms with Gasteiger partial charge >= 0.3 is 0 Å². The quantitative estimate of drug-likeness (QED) is 0.215. The van der Waals surface area contributed by atoms with Crippen LogP contribution >= 0.6 is 0 Å². The van der Waals surface area contributed by atoms with Crippen LogP contribution in [0.1, 0.15) is 54.4 Å². The summed E-state index contributed by atoms with van der Waals surface area (Å²) < 4.78 is 4.56. The molecular weight excluding hydrogens is 636 g/mol. The summed E-state index contributed by atoms with van der Waals surface area (Å²) in [6, 6.07) is 27.5. The molecule has 6 rings (SSSR count). The molecule has 4 aromatic rings. The van der Waals surface area contributed by atoms with Crippen molar-refractivity contribution in [1.29, 1.82) is 0 Å². The average Bonchev–Trinajstić information content (AvgIpc) is 3.72. The van der Waals surface area contributed by atoms with E-state index in [1.807, 2.05) is 0 Å². The highest BCUT2D eigenvalue weighted by Crippen LogP contribution is 2.19. The topological polar surface area (TPSA) is 14.2 Å². The third-order valence-electron chi connectivity index (χ3n) is 8.40. The summed E-state index contributed by atoms with van der Waals surface area (Å²) in [5.74, 6) is 0. The van der Waals surface area contributed by atoms with Crippen LogP contribution < -0.4 is 52.9 Å². The van der Waals surface area contributed by atoms with Gasteiger partial charge in [-0.2, -0.15) is 0 Å². The summed E-state index contributed by atoms with van der Waals surface area (Å²) in [5, 5.41) is 0. The number of hydrogen-bond donors (Lipinski definition) is 0. The summed E-state index contributed by atoms with van der Waals surface area (Å²) >= 11 is 0. The van der Waals surface area contributed by atoms with Crippen molar-refractivity contribution < 1.29 is 43.1 Å². The fourth-order valence-corrected chi connectivity index (χ4v) is 6.02. The smallest absolute Gasteiger partial charge is 0.173 e. The van der Waals surface area contributed by atoms with Crippen molar-refractivity contribution in [3.8, 4) is 0 Å². The van der Waals surface area contributed by atoms with E-state index in [0.717, 1.165) is 25.9 Å². The highest BCUT2D eigenvalue weighted by Gasteiger charge is 2.14. The molecule has 216 valence electrons. The van der Waals surface area contributed by atoms with Crippen LogP contribution in [0.3, 0.4) is 0 Å². The van der Waals surface area contributed by atoms with Gasteiger partial charge in [0.25, 0.3) is 0 Å². The number of halogens is 2. The Morgan fingerprint density at radius 2 is 0.756 bits per heavy atom. The molecule has 0 N–H and O–H groups in total. The molecule has 2 aliphatic rings. The van der Waals surface area contributed by atoms with Gasteiger partial charge in [0.1, 0.15) is 0 Å². The van der Waals surface area contributed by atoms with Crippen molar-refractivity contribution in [2.24, 2.45) is 0 Å². The first-order chi connectivity index (χ1) is 19.3. The molecule has 2 aromatic carbocycles. The number of rotatable bonds is 10. The Morgan fingerprint density at radius 1 is 0.439 bits per heavy atom. The summed E-state index contributed by atoms with van der Waals surface area (Å²) in [5.41, 5.74) is 8.29. The number of pyridine rings is 2. The monoisotopic (exact) mass is 676 g/mol. The molecular formula is C35H42Br2N4. The van der Waals surface area contributed by atoms with Gasteiger partial charge in [-0.05, 0) is 56.1 Å². The number of anilines is 2. The van der Waals surface area contributed by atoms with Gasteiger partial charge in [-0.25, -0.2) is 9.13 Å². The molecule has 0 saturated carbocycles. The van der Waals surface area contributed by atoms with Gasteiger partial charge in [-0.1, -0.05) is 48.5 Å². The van der Waals surface area contributed by atoms with Crippen molar-refractivity contribution in [3.05, 3.63) is 120 Å². The zero-order valence-electron chi connectivity index (χ0n) is 24.0. The van der Waals surface area contributed by atoms with Crippen molar-refractivity contribution in [2.75, 3.05) is 36.0 Å². The van der Waals surface area contributed by atoms with E-state index < -0.39 is 0 Å². The zero-order chi connectivity index (χ0) is 26.3. The minimum absolute atomic E-state index is 0. The van der Waals surface area contributed by atoms with Gasteiger partial charge < -0.3 is 43.8 Å². The standard InChI is InChI=1S/C35H42N4.2BrH/c1-2-21-38(20-1)34-16-24-36(25-17-34)28-32-12-8-30(9-13-32)6-5-7-31-10-14-33(15-11-31)29-37-26-18-35(19-27-37)39-22-3-4-23-39;;/h8-19,24-27H,1-7,20-23,28-29H2;2*1H/q+2;;/p-2. The van der Waals surface area contributed by atoms with Crippen LogP contribution in [0.5, 0.6) is 0 Å². The Morgan fingerprint density at radius 3 is 1.10 bits per heavy atom. The Labute approximate surface area is 267 Å². The van der Waals surface area contributed by atoms with Crippen LogP contribution in [-0.2, 0) is 25.9 Å². The van der Waals surface area contributed by atoms with Gasteiger partial charge in [0, 0.05) is 72.9 Å². The molecule has 41 heavy (non-hydrogen) atoms. The minimum Gasteiger partial charge on any atom is -1.00 e. The second-order valence-electron chi connectivity index (χ2n) is 11.3. The van der Waals surface area contributed by atoms with Gasteiger partial charge in [0.2, 0.25) is 0 Å². The predicted octanol–water partition coefficient (Wildman–Crippen LogP) is -0.258. The van der Waals surface area contributed by atoms with E-state index in [2.05, 4.69) is 117 Å². The lowest BCUT2D eigenvalue weighted by molar-refractivity contribution is -0.688. The van der Waals surface area contributed by atoms with Gasteiger partial charge in [0.05, 0.1) is 0 Å². The predicted molar refractivity (Wildman–Crippen MR) is 159 cm³/mol. The van der Waals surface area contributed by atoms with E-state index in [4.69, 9.17) is 0 Å². The molecule has 0 aliphatic carbocycles. The maximum Gasteiger partial charge on any atom is 0.173 e. The highest BCUT2D eigenvalue weighted by atomic mass is 79.9. The van der Waals surface area contributed by atoms with E-state index in [9.17, 15) is 0 Å². The first kappa shape index (κ1) is 31.2. The first-order valence-corrected chi connectivity index (χ1v) is 14.9. The SMILES string of the molecule is [Br-].[Br-].c1cc(C[n+]2ccc(N3CCCC3)cc2)ccc1CCCc1ccc(C[n+]2ccc(N3CCCC3)cc2)cc1. The lowest BCUT2D eigenvalue weighted by atomic mass is 10.0. The van der Waals surface area contributed by atoms with Gasteiger partial charge in [0.15, 0.2) is 37.9 Å². The summed E-state index contributed by atoms with van der Waals surface area (Å²) in [7, 11) is 0. The molecule has 2 aromatic heterocycles. The number of benzene rings is 2. The fraction of sp³-hybridized carbons (Fsp3) is 0.371. The van der Waals surface area contributed by atoms with E-state index >= 15 is 0 Å². The molecule has 2 fully saturated rings. The molecule has 0 radical (unpaired) electrons. The first-order valence-electron chi connectivity index (χ1n) is 14.9. The molecule has 4 nitrogen and oxygen atoms in total. The van der Waals surface area contributed by atoms with E-state index in [1.165, 1.54) is 91.9 Å². The van der Waals surface area contributed by atoms with Crippen LogP contribution in [0.15, 0.2) is 97.6 Å². The summed E-state index contributed by atoms with van der Waals surface area (Å²) in [4.78, 5) is 4.97. The molecule has 0 unspecified atom stereocenters. The molecule has 2 saturated heterocycles. The van der Waals surface area contributed by atoms with Crippen molar-refractivity contribution >= 4 is 11.4 Å². The van der Waals surface area contributed by atoms with Crippen molar-refractivity contribution in [2.45, 2.75) is 58.0 Å². The van der Waals surface area contributed by atoms with Gasteiger partial charge in [-0.15, -0.1) is 0 Å². The van der Waals surface area contributed by atoms with E-state index in [0.29, 0.717) is 0 Å². The Hall–Kier alpha value is -2.70. The summed E-state index contributed by atoms with van der Waals surface area (Å²) in [6.07, 6.45) is 17.6. The third kappa shape index (κ3) is 8.65. The van der Waals surface area contributed by atoms with Crippen LogP contribution in [0.4, 0.5) is 11.4 Å². The molecule has 0 bridgehead atoms. The third-order valence-corrected chi connectivity index (χ3v) is 8.40.